The third-order valence-electron chi connectivity index (χ3n) is 8.02. The molecular weight excluding hydrogens is 308 g/mol. The molecule has 2 nitrogen and oxygen atoms in total. The van der Waals surface area contributed by atoms with E-state index in [2.05, 4.69) is 19.9 Å². The molecule has 0 radical (unpaired) electrons. The van der Waals surface area contributed by atoms with Crippen LogP contribution in [0.1, 0.15) is 85.0 Å². The minimum atomic E-state index is -0.460. The van der Waals surface area contributed by atoms with Crippen LogP contribution in [0, 0.1) is 35.5 Å². The molecule has 3 aliphatic rings. The second-order valence-corrected chi connectivity index (χ2v) is 9.76. The van der Waals surface area contributed by atoms with Crippen LogP contribution in [0.4, 0.5) is 0 Å². The Morgan fingerprint density at radius 3 is 2.76 bits per heavy atom. The Balaban J connectivity index is 1.64. The second-order valence-electron chi connectivity index (χ2n) is 9.76. The van der Waals surface area contributed by atoms with Gasteiger partial charge in [-0.15, -0.1) is 0 Å². The van der Waals surface area contributed by atoms with Gasteiger partial charge in [-0.25, -0.2) is 0 Å². The SMILES string of the molecule is CC[C@H](CC[C@@H]1CCC[C@H]2[C@H]1CC=C1C[C@@](C)(O)CC[C@@H]12)[C@H](C)CO. The highest BCUT2D eigenvalue weighted by atomic mass is 16.3. The Bertz CT molecular complexity index is 467. The molecule has 7 atom stereocenters. The van der Waals surface area contributed by atoms with Crippen LogP contribution in [0.2, 0.25) is 0 Å². The maximum atomic E-state index is 10.4. The maximum Gasteiger partial charge on any atom is 0.0657 e. The number of hydrogen-bond donors (Lipinski definition) is 2. The number of hydrogen-bond acceptors (Lipinski definition) is 2. The molecule has 0 aromatic heterocycles. The molecule has 3 rings (SSSR count). The molecule has 0 spiro atoms. The van der Waals surface area contributed by atoms with E-state index in [-0.39, 0.29) is 0 Å². The van der Waals surface area contributed by atoms with Crippen molar-refractivity contribution in [3.8, 4) is 0 Å². The quantitative estimate of drug-likeness (QED) is 0.637. The van der Waals surface area contributed by atoms with Gasteiger partial charge in [0.15, 0.2) is 0 Å². The molecule has 144 valence electrons. The summed E-state index contributed by atoms with van der Waals surface area (Å²) in [5, 5.41) is 20.0. The minimum Gasteiger partial charge on any atom is -0.396 e. The molecular formula is C23H40O2. The van der Waals surface area contributed by atoms with Gasteiger partial charge < -0.3 is 10.2 Å². The predicted octanol–water partition coefficient (Wildman–Crippen LogP) is 5.33. The molecule has 25 heavy (non-hydrogen) atoms. The summed E-state index contributed by atoms with van der Waals surface area (Å²) in [7, 11) is 0. The van der Waals surface area contributed by atoms with E-state index in [0.717, 1.165) is 36.5 Å². The number of allylic oxidation sites excluding steroid dienone is 1. The lowest BCUT2D eigenvalue weighted by Crippen LogP contribution is -2.42. The van der Waals surface area contributed by atoms with Crippen LogP contribution in [0.15, 0.2) is 11.6 Å². The van der Waals surface area contributed by atoms with Crippen molar-refractivity contribution in [2.45, 2.75) is 90.6 Å². The minimum absolute atomic E-state index is 0.337. The zero-order valence-electron chi connectivity index (χ0n) is 16.7. The lowest BCUT2D eigenvalue weighted by atomic mass is 9.57. The van der Waals surface area contributed by atoms with E-state index in [9.17, 15) is 10.2 Å². The standard InChI is InChI=1S/C23H40O2/c1-4-17(16(2)15-24)8-9-18-6-5-7-22-20(18)11-10-19-14-23(3,25)13-12-21(19)22/h10,16-18,20-22,24-25H,4-9,11-15H2,1-3H3/t16-,17-,18+,20+,21+,22+,23+/m1/s1. The molecule has 0 unspecified atom stereocenters. The second kappa shape index (κ2) is 8.13. The van der Waals surface area contributed by atoms with Crippen molar-refractivity contribution in [1.29, 1.82) is 0 Å². The number of fused-ring (bicyclic) bond motifs is 3. The molecule has 2 heteroatoms. The Morgan fingerprint density at radius 2 is 2.04 bits per heavy atom. The maximum absolute atomic E-state index is 10.4. The summed E-state index contributed by atoms with van der Waals surface area (Å²) in [6.07, 6.45) is 14.9. The summed E-state index contributed by atoms with van der Waals surface area (Å²) in [4.78, 5) is 0. The summed E-state index contributed by atoms with van der Waals surface area (Å²) >= 11 is 0. The van der Waals surface area contributed by atoms with Crippen molar-refractivity contribution >= 4 is 0 Å². The van der Waals surface area contributed by atoms with Gasteiger partial charge in [-0.1, -0.05) is 44.8 Å². The Morgan fingerprint density at radius 1 is 1.24 bits per heavy atom. The highest BCUT2D eigenvalue weighted by molar-refractivity contribution is 5.20. The zero-order chi connectivity index (χ0) is 18.0. The van der Waals surface area contributed by atoms with E-state index >= 15 is 0 Å². The van der Waals surface area contributed by atoms with Crippen LogP contribution in [0.5, 0.6) is 0 Å². The van der Waals surface area contributed by atoms with E-state index in [0.29, 0.717) is 18.4 Å². The van der Waals surface area contributed by atoms with Crippen LogP contribution in [-0.4, -0.2) is 22.4 Å². The van der Waals surface area contributed by atoms with Crippen LogP contribution < -0.4 is 0 Å². The van der Waals surface area contributed by atoms with Gasteiger partial charge in [-0.05, 0) is 87.4 Å². The van der Waals surface area contributed by atoms with Crippen molar-refractivity contribution in [2.24, 2.45) is 35.5 Å². The lowest BCUT2D eigenvalue weighted by Gasteiger charge is -2.49. The topological polar surface area (TPSA) is 40.5 Å². The fourth-order valence-electron chi connectivity index (χ4n) is 6.40. The molecule has 2 N–H and O–H groups in total. The van der Waals surface area contributed by atoms with Crippen molar-refractivity contribution in [2.75, 3.05) is 6.61 Å². The number of rotatable bonds is 6. The van der Waals surface area contributed by atoms with E-state index in [4.69, 9.17) is 0 Å². The van der Waals surface area contributed by atoms with E-state index in [1.165, 1.54) is 51.4 Å². The highest BCUT2D eigenvalue weighted by Gasteiger charge is 2.44. The summed E-state index contributed by atoms with van der Waals surface area (Å²) in [6.45, 7) is 6.85. The summed E-state index contributed by atoms with van der Waals surface area (Å²) in [5.74, 6) is 4.55. The average molecular weight is 349 g/mol. The molecule has 2 fully saturated rings. The van der Waals surface area contributed by atoms with E-state index in [1.807, 2.05) is 6.92 Å². The molecule has 0 aromatic carbocycles. The molecule has 0 aliphatic heterocycles. The van der Waals surface area contributed by atoms with Gasteiger partial charge >= 0.3 is 0 Å². The fraction of sp³-hybridized carbons (Fsp3) is 0.913. The van der Waals surface area contributed by atoms with Crippen molar-refractivity contribution in [1.82, 2.24) is 0 Å². The van der Waals surface area contributed by atoms with E-state index in [1.54, 1.807) is 5.57 Å². The van der Waals surface area contributed by atoms with Gasteiger partial charge in [0.25, 0.3) is 0 Å². The van der Waals surface area contributed by atoms with Crippen LogP contribution in [0.25, 0.3) is 0 Å². The summed E-state index contributed by atoms with van der Waals surface area (Å²) in [5.41, 5.74) is 1.12. The van der Waals surface area contributed by atoms with Crippen LogP contribution in [-0.2, 0) is 0 Å². The molecule has 0 saturated heterocycles. The summed E-state index contributed by atoms with van der Waals surface area (Å²) in [6, 6.07) is 0. The third-order valence-corrected chi connectivity index (χ3v) is 8.02. The highest BCUT2D eigenvalue weighted by Crippen LogP contribution is 2.53. The monoisotopic (exact) mass is 348 g/mol. The third kappa shape index (κ3) is 4.33. The number of aliphatic hydroxyl groups excluding tert-OH is 1. The molecule has 0 heterocycles. The van der Waals surface area contributed by atoms with Gasteiger partial charge in [-0.3, -0.25) is 0 Å². The normalized spacial score (nSPS) is 40.6. The molecule has 0 bridgehead atoms. The first-order valence-corrected chi connectivity index (χ1v) is 11.0. The predicted molar refractivity (Wildman–Crippen MR) is 104 cm³/mol. The largest absolute Gasteiger partial charge is 0.396 e. The van der Waals surface area contributed by atoms with Crippen molar-refractivity contribution in [3.63, 3.8) is 0 Å². The van der Waals surface area contributed by atoms with Gasteiger partial charge in [-0.2, -0.15) is 0 Å². The average Bonchev–Trinajstić information content (AvgIpc) is 2.60. The Kier molecular flexibility index (Phi) is 6.31. The van der Waals surface area contributed by atoms with Gasteiger partial charge in [0, 0.05) is 6.61 Å². The van der Waals surface area contributed by atoms with Crippen molar-refractivity contribution in [3.05, 3.63) is 11.6 Å². The Hall–Kier alpha value is -0.340. The van der Waals surface area contributed by atoms with Gasteiger partial charge in [0.2, 0.25) is 0 Å². The van der Waals surface area contributed by atoms with Gasteiger partial charge in [0.05, 0.1) is 5.60 Å². The van der Waals surface area contributed by atoms with Crippen LogP contribution in [0.3, 0.4) is 0 Å². The lowest BCUT2D eigenvalue weighted by molar-refractivity contribution is 0.00205. The molecule has 2 saturated carbocycles. The number of aliphatic hydroxyl groups is 2. The molecule has 0 aromatic rings. The smallest absolute Gasteiger partial charge is 0.0657 e. The first kappa shape index (κ1) is 19.4. The molecule has 3 aliphatic carbocycles. The Labute approximate surface area is 155 Å². The first-order valence-electron chi connectivity index (χ1n) is 11.0. The van der Waals surface area contributed by atoms with Gasteiger partial charge in [0.1, 0.15) is 0 Å². The van der Waals surface area contributed by atoms with E-state index < -0.39 is 5.60 Å². The zero-order valence-corrected chi connectivity index (χ0v) is 16.7. The molecule has 0 amide bonds. The van der Waals surface area contributed by atoms with Crippen molar-refractivity contribution < 1.29 is 10.2 Å². The fourth-order valence-corrected chi connectivity index (χ4v) is 6.40. The summed E-state index contributed by atoms with van der Waals surface area (Å²) < 4.78 is 0. The first-order chi connectivity index (χ1) is 11.9. The van der Waals surface area contributed by atoms with Crippen LogP contribution >= 0.6 is 0 Å².